The standard InChI is InChI=1S/C13H16N2O4/c1-2-18-13(17)9-5-3-7-14-11(9)15-12(16)10-6-4-8-19-10/h3,5,7,10H,2,4,6,8H2,1H3,(H,14,15,16). The van der Waals surface area contributed by atoms with Gasteiger partial charge in [0, 0.05) is 12.8 Å². The van der Waals surface area contributed by atoms with Crippen molar-refractivity contribution in [1.82, 2.24) is 4.98 Å². The molecule has 0 spiro atoms. The van der Waals surface area contributed by atoms with Crippen LogP contribution in [0, 0.1) is 0 Å². The van der Waals surface area contributed by atoms with E-state index in [0.29, 0.717) is 13.0 Å². The van der Waals surface area contributed by atoms with Gasteiger partial charge in [-0.15, -0.1) is 0 Å². The van der Waals surface area contributed by atoms with Crippen molar-refractivity contribution >= 4 is 17.7 Å². The highest BCUT2D eigenvalue weighted by atomic mass is 16.5. The van der Waals surface area contributed by atoms with E-state index in [1.54, 1.807) is 19.1 Å². The van der Waals surface area contributed by atoms with Crippen LogP contribution < -0.4 is 5.32 Å². The van der Waals surface area contributed by atoms with E-state index in [4.69, 9.17) is 9.47 Å². The van der Waals surface area contributed by atoms with Crippen LogP contribution in [0.3, 0.4) is 0 Å². The van der Waals surface area contributed by atoms with Crippen LogP contribution in [-0.2, 0) is 14.3 Å². The summed E-state index contributed by atoms with van der Waals surface area (Å²) in [6.07, 6.45) is 2.60. The minimum atomic E-state index is -0.502. The maximum atomic E-state index is 11.9. The number of carbonyl (C=O) groups is 2. The second-order valence-corrected chi connectivity index (χ2v) is 4.11. The summed E-state index contributed by atoms with van der Waals surface area (Å²) in [5.74, 6) is -0.568. The number of carbonyl (C=O) groups excluding carboxylic acids is 2. The maximum absolute atomic E-state index is 11.9. The molecule has 2 heterocycles. The number of aromatic nitrogens is 1. The van der Waals surface area contributed by atoms with Gasteiger partial charge in [-0.25, -0.2) is 9.78 Å². The third-order valence-electron chi connectivity index (χ3n) is 2.77. The second kappa shape index (κ2) is 6.29. The van der Waals surface area contributed by atoms with Crippen LogP contribution in [0.5, 0.6) is 0 Å². The molecule has 1 aliphatic heterocycles. The molecule has 1 unspecified atom stereocenters. The molecule has 6 heteroatoms. The van der Waals surface area contributed by atoms with Gasteiger partial charge in [0.25, 0.3) is 5.91 Å². The van der Waals surface area contributed by atoms with Gasteiger partial charge in [0.2, 0.25) is 0 Å². The summed E-state index contributed by atoms with van der Waals surface area (Å²) in [7, 11) is 0. The lowest BCUT2D eigenvalue weighted by Gasteiger charge is -2.12. The first-order valence-corrected chi connectivity index (χ1v) is 6.27. The molecular formula is C13H16N2O4. The average molecular weight is 264 g/mol. The lowest BCUT2D eigenvalue weighted by molar-refractivity contribution is -0.124. The van der Waals surface area contributed by atoms with Crippen molar-refractivity contribution in [2.24, 2.45) is 0 Å². The van der Waals surface area contributed by atoms with Gasteiger partial charge in [-0.3, -0.25) is 4.79 Å². The maximum Gasteiger partial charge on any atom is 0.341 e. The SMILES string of the molecule is CCOC(=O)c1cccnc1NC(=O)C1CCCO1. The van der Waals surface area contributed by atoms with E-state index in [1.807, 2.05) is 0 Å². The minimum Gasteiger partial charge on any atom is -0.462 e. The fourth-order valence-electron chi connectivity index (χ4n) is 1.86. The Kier molecular flexibility index (Phi) is 4.46. The number of rotatable bonds is 4. The third-order valence-corrected chi connectivity index (χ3v) is 2.77. The largest absolute Gasteiger partial charge is 0.462 e. The smallest absolute Gasteiger partial charge is 0.341 e. The van der Waals surface area contributed by atoms with E-state index in [2.05, 4.69) is 10.3 Å². The van der Waals surface area contributed by atoms with Crippen LogP contribution in [0.15, 0.2) is 18.3 Å². The van der Waals surface area contributed by atoms with Crippen molar-refractivity contribution in [3.8, 4) is 0 Å². The number of amides is 1. The molecule has 0 bridgehead atoms. The van der Waals surface area contributed by atoms with Crippen LogP contribution >= 0.6 is 0 Å². The number of nitrogens with zero attached hydrogens (tertiary/aromatic N) is 1. The van der Waals surface area contributed by atoms with Gasteiger partial charge in [-0.2, -0.15) is 0 Å². The van der Waals surface area contributed by atoms with Crippen LogP contribution in [0.4, 0.5) is 5.82 Å². The number of nitrogens with one attached hydrogen (secondary N) is 1. The molecular weight excluding hydrogens is 248 g/mol. The zero-order chi connectivity index (χ0) is 13.7. The van der Waals surface area contributed by atoms with E-state index in [9.17, 15) is 9.59 Å². The molecule has 1 aromatic heterocycles. The van der Waals surface area contributed by atoms with Crippen molar-refractivity contribution < 1.29 is 19.1 Å². The molecule has 0 aromatic carbocycles. The lowest BCUT2D eigenvalue weighted by Crippen LogP contribution is -2.28. The Labute approximate surface area is 111 Å². The molecule has 0 saturated carbocycles. The summed E-state index contributed by atoms with van der Waals surface area (Å²) in [6, 6.07) is 3.18. The van der Waals surface area contributed by atoms with Crippen LogP contribution in [0.25, 0.3) is 0 Å². The number of anilines is 1. The lowest BCUT2D eigenvalue weighted by atomic mass is 10.2. The van der Waals surface area contributed by atoms with E-state index in [1.165, 1.54) is 6.20 Å². The first kappa shape index (κ1) is 13.5. The van der Waals surface area contributed by atoms with Gasteiger partial charge >= 0.3 is 5.97 Å². The monoisotopic (exact) mass is 264 g/mol. The fourth-order valence-corrected chi connectivity index (χ4v) is 1.86. The summed E-state index contributed by atoms with van der Waals surface area (Å²) in [6.45, 7) is 2.58. The van der Waals surface area contributed by atoms with Crippen LogP contribution in [0.1, 0.15) is 30.1 Å². The molecule has 1 fully saturated rings. The molecule has 1 atom stereocenters. The Bertz CT molecular complexity index is 469. The first-order valence-electron chi connectivity index (χ1n) is 6.27. The Morgan fingerprint density at radius 3 is 3.11 bits per heavy atom. The van der Waals surface area contributed by atoms with Gasteiger partial charge < -0.3 is 14.8 Å². The molecule has 1 aromatic rings. The summed E-state index contributed by atoms with van der Waals surface area (Å²) >= 11 is 0. The molecule has 1 amide bonds. The molecule has 1 N–H and O–H groups in total. The highest BCUT2D eigenvalue weighted by molar-refractivity contribution is 6.01. The van der Waals surface area contributed by atoms with E-state index in [0.717, 1.165) is 6.42 Å². The normalized spacial score (nSPS) is 18.1. The van der Waals surface area contributed by atoms with Crippen LogP contribution in [-0.4, -0.2) is 36.2 Å². The predicted molar refractivity (Wildman–Crippen MR) is 67.8 cm³/mol. The highest BCUT2D eigenvalue weighted by Crippen LogP contribution is 2.17. The molecule has 6 nitrogen and oxygen atoms in total. The van der Waals surface area contributed by atoms with Gasteiger partial charge in [-0.1, -0.05) is 0 Å². The fraction of sp³-hybridized carbons (Fsp3) is 0.462. The van der Waals surface area contributed by atoms with Gasteiger partial charge in [0.15, 0.2) is 0 Å². The number of hydrogen-bond donors (Lipinski definition) is 1. The van der Waals surface area contributed by atoms with E-state index in [-0.39, 0.29) is 23.9 Å². The summed E-state index contributed by atoms with van der Waals surface area (Å²) in [4.78, 5) is 27.6. The third kappa shape index (κ3) is 3.29. The van der Waals surface area contributed by atoms with Crippen molar-refractivity contribution in [2.45, 2.75) is 25.9 Å². The molecule has 1 saturated heterocycles. The summed E-state index contributed by atoms with van der Waals surface area (Å²) in [5, 5.41) is 2.62. The highest BCUT2D eigenvalue weighted by Gasteiger charge is 2.25. The quantitative estimate of drug-likeness (QED) is 0.831. The Balaban J connectivity index is 2.11. The van der Waals surface area contributed by atoms with Crippen molar-refractivity contribution in [3.63, 3.8) is 0 Å². The number of hydrogen-bond acceptors (Lipinski definition) is 5. The Morgan fingerprint density at radius 1 is 1.58 bits per heavy atom. The summed E-state index contributed by atoms with van der Waals surface area (Å²) in [5.41, 5.74) is 0.246. The molecule has 2 rings (SSSR count). The zero-order valence-corrected chi connectivity index (χ0v) is 10.7. The minimum absolute atomic E-state index is 0.210. The molecule has 19 heavy (non-hydrogen) atoms. The number of ether oxygens (including phenoxy) is 2. The second-order valence-electron chi connectivity index (χ2n) is 4.11. The Hall–Kier alpha value is -1.95. The van der Waals surface area contributed by atoms with Crippen molar-refractivity contribution in [2.75, 3.05) is 18.5 Å². The van der Waals surface area contributed by atoms with Gasteiger partial charge in [0.1, 0.15) is 17.5 Å². The summed E-state index contributed by atoms with van der Waals surface area (Å²) < 4.78 is 10.2. The number of esters is 1. The van der Waals surface area contributed by atoms with Crippen LogP contribution in [0.2, 0.25) is 0 Å². The molecule has 1 aliphatic rings. The molecule has 0 radical (unpaired) electrons. The Morgan fingerprint density at radius 2 is 2.42 bits per heavy atom. The van der Waals surface area contributed by atoms with Crippen molar-refractivity contribution in [3.05, 3.63) is 23.9 Å². The average Bonchev–Trinajstić information content (AvgIpc) is 2.93. The predicted octanol–water partition coefficient (Wildman–Crippen LogP) is 1.38. The zero-order valence-electron chi connectivity index (χ0n) is 10.7. The van der Waals surface area contributed by atoms with E-state index >= 15 is 0 Å². The van der Waals surface area contributed by atoms with Gasteiger partial charge in [-0.05, 0) is 31.9 Å². The van der Waals surface area contributed by atoms with E-state index < -0.39 is 12.1 Å². The molecule has 0 aliphatic carbocycles. The van der Waals surface area contributed by atoms with Gasteiger partial charge in [0.05, 0.1) is 6.61 Å². The number of pyridine rings is 1. The topological polar surface area (TPSA) is 77.5 Å². The van der Waals surface area contributed by atoms with Crippen molar-refractivity contribution in [1.29, 1.82) is 0 Å². The first-order chi connectivity index (χ1) is 9.22. The molecule has 102 valence electrons.